The fourth-order valence-corrected chi connectivity index (χ4v) is 3.31. The van der Waals surface area contributed by atoms with E-state index in [2.05, 4.69) is 25.6 Å². The van der Waals surface area contributed by atoms with Crippen LogP contribution in [-0.4, -0.2) is 49.9 Å². The summed E-state index contributed by atoms with van der Waals surface area (Å²) in [6.07, 6.45) is 0.997. The lowest BCUT2D eigenvalue weighted by molar-refractivity contribution is -0.120. The van der Waals surface area contributed by atoms with Crippen LogP contribution in [0.4, 0.5) is 5.82 Å². The van der Waals surface area contributed by atoms with Crippen molar-refractivity contribution < 1.29 is 9.59 Å². The third-order valence-electron chi connectivity index (χ3n) is 4.74. The summed E-state index contributed by atoms with van der Waals surface area (Å²) in [6.45, 7) is 2.42. The number of nitrogens with one attached hydrogen (secondary N) is 2. The molecular weight excluding hydrogens is 358 g/mol. The maximum atomic E-state index is 12.8. The molecule has 1 aliphatic heterocycles. The highest BCUT2D eigenvalue weighted by Crippen LogP contribution is 2.20. The highest BCUT2D eigenvalue weighted by Gasteiger charge is 2.31. The molecule has 1 aromatic carbocycles. The average Bonchev–Trinajstić information content (AvgIpc) is 3.28. The van der Waals surface area contributed by atoms with E-state index in [1.807, 2.05) is 43.3 Å². The van der Waals surface area contributed by atoms with Crippen molar-refractivity contribution in [3.05, 3.63) is 59.3 Å². The number of carbonyl (C=O) groups is 2. The van der Waals surface area contributed by atoms with Crippen LogP contribution in [0.3, 0.4) is 0 Å². The molecule has 3 aromatic rings. The summed E-state index contributed by atoms with van der Waals surface area (Å²) < 4.78 is 1.78. The zero-order valence-electron chi connectivity index (χ0n) is 15.7. The fraction of sp³-hybridized carbons (Fsp3) is 0.316. The largest absolute Gasteiger partial charge is 0.337 e. The van der Waals surface area contributed by atoms with Crippen LogP contribution in [0.25, 0.3) is 0 Å². The van der Waals surface area contributed by atoms with Gasteiger partial charge in [0.05, 0.1) is 5.69 Å². The Labute approximate surface area is 161 Å². The molecule has 0 saturated carbocycles. The lowest BCUT2D eigenvalue weighted by Crippen LogP contribution is -2.47. The first-order chi connectivity index (χ1) is 13.5. The minimum atomic E-state index is -0.657. The van der Waals surface area contributed by atoms with Crippen molar-refractivity contribution >= 4 is 17.6 Å². The Balaban J connectivity index is 1.44. The van der Waals surface area contributed by atoms with E-state index in [0.717, 1.165) is 17.1 Å². The predicted octanol–water partition coefficient (Wildman–Crippen LogP) is 1.07. The van der Waals surface area contributed by atoms with Gasteiger partial charge in [0.2, 0.25) is 5.82 Å². The number of nitrogens with zero attached hydrogens (tertiary/aromatic N) is 5. The van der Waals surface area contributed by atoms with Crippen LogP contribution in [-0.2, 0) is 17.8 Å². The Morgan fingerprint density at radius 1 is 1.32 bits per heavy atom. The summed E-state index contributed by atoms with van der Waals surface area (Å²) in [5.41, 5.74) is 1.92. The Kier molecular flexibility index (Phi) is 4.64. The molecule has 144 valence electrons. The number of aromatic nitrogens is 5. The smallest absolute Gasteiger partial charge is 0.291 e. The lowest BCUT2D eigenvalue weighted by Gasteiger charge is -2.19. The van der Waals surface area contributed by atoms with E-state index in [-0.39, 0.29) is 11.7 Å². The van der Waals surface area contributed by atoms with Gasteiger partial charge in [-0.25, -0.2) is 9.67 Å². The van der Waals surface area contributed by atoms with Gasteiger partial charge in [-0.2, -0.15) is 5.10 Å². The summed E-state index contributed by atoms with van der Waals surface area (Å²) >= 11 is 0. The van der Waals surface area contributed by atoms with Crippen molar-refractivity contribution in [1.82, 2.24) is 30.3 Å². The first-order valence-corrected chi connectivity index (χ1v) is 9.09. The van der Waals surface area contributed by atoms with Crippen molar-refractivity contribution in [2.24, 2.45) is 0 Å². The van der Waals surface area contributed by atoms with Crippen molar-refractivity contribution in [3.63, 3.8) is 0 Å². The van der Waals surface area contributed by atoms with Gasteiger partial charge in [-0.05, 0) is 18.9 Å². The summed E-state index contributed by atoms with van der Waals surface area (Å²) in [6, 6.07) is 11.0. The van der Waals surface area contributed by atoms with Crippen molar-refractivity contribution in [2.75, 3.05) is 11.9 Å². The molecule has 0 fully saturated rings. The number of amides is 2. The van der Waals surface area contributed by atoms with Crippen molar-refractivity contribution in [1.29, 1.82) is 0 Å². The van der Waals surface area contributed by atoms with E-state index in [1.54, 1.807) is 11.7 Å². The normalized spacial score (nSPS) is 16.6. The molecule has 0 spiro atoms. The van der Waals surface area contributed by atoms with E-state index in [1.165, 1.54) is 4.90 Å². The number of aryl methyl sites for hydroxylation is 2. The third kappa shape index (κ3) is 3.51. The number of likely N-dealkylation sites (N-methyl/N-ethyl adjacent to an activating group) is 1. The van der Waals surface area contributed by atoms with Gasteiger partial charge in [0, 0.05) is 26.1 Å². The van der Waals surface area contributed by atoms with Gasteiger partial charge in [0.15, 0.2) is 0 Å². The Morgan fingerprint density at radius 2 is 2.11 bits per heavy atom. The number of carbonyl (C=O) groups excluding carboxylic acids is 2. The molecule has 1 atom stereocenters. The molecule has 9 heteroatoms. The third-order valence-corrected chi connectivity index (χ3v) is 4.74. The molecule has 2 amide bonds. The highest BCUT2D eigenvalue weighted by atomic mass is 16.2. The summed E-state index contributed by atoms with van der Waals surface area (Å²) in [5, 5.41) is 13.9. The van der Waals surface area contributed by atoms with Crippen LogP contribution in [0, 0.1) is 6.92 Å². The van der Waals surface area contributed by atoms with Gasteiger partial charge < -0.3 is 5.32 Å². The van der Waals surface area contributed by atoms with Crippen LogP contribution < -0.4 is 10.2 Å². The van der Waals surface area contributed by atoms with Gasteiger partial charge in [-0.3, -0.25) is 19.6 Å². The monoisotopic (exact) mass is 379 g/mol. The molecule has 0 saturated heterocycles. The molecule has 0 aliphatic carbocycles. The second kappa shape index (κ2) is 7.26. The lowest BCUT2D eigenvalue weighted by atomic mass is 10.1. The molecule has 0 radical (unpaired) electrons. The van der Waals surface area contributed by atoms with E-state index in [0.29, 0.717) is 25.2 Å². The first kappa shape index (κ1) is 17.9. The number of benzene rings is 1. The van der Waals surface area contributed by atoms with Gasteiger partial charge >= 0.3 is 0 Å². The molecule has 1 unspecified atom stereocenters. The molecule has 1 aliphatic rings. The minimum Gasteiger partial charge on any atom is -0.337 e. The van der Waals surface area contributed by atoms with E-state index < -0.39 is 11.9 Å². The average molecular weight is 379 g/mol. The van der Waals surface area contributed by atoms with Crippen molar-refractivity contribution in [3.8, 4) is 0 Å². The van der Waals surface area contributed by atoms with Gasteiger partial charge in [-0.15, -0.1) is 5.10 Å². The minimum absolute atomic E-state index is 0.0270. The summed E-state index contributed by atoms with van der Waals surface area (Å²) in [7, 11) is 1.69. The Hall–Kier alpha value is -3.49. The first-order valence-electron chi connectivity index (χ1n) is 9.09. The maximum Gasteiger partial charge on any atom is 0.291 e. The molecule has 3 heterocycles. The topological polar surface area (TPSA) is 109 Å². The highest BCUT2D eigenvalue weighted by molar-refractivity contribution is 6.00. The number of fused-ring (bicyclic) bond motifs is 1. The number of rotatable bonds is 4. The Morgan fingerprint density at radius 3 is 2.89 bits per heavy atom. The standard InChI is InChI=1S/C19H21N7O2/c1-12-10-16-25(2)19(28)14(8-9-26(16)24-12)20-18(27)17-21-15(22-23-17)11-13-6-4-3-5-7-13/h3-7,10,14H,8-9,11H2,1-2H3,(H,20,27)(H,21,22,23). The Bertz CT molecular complexity index is 1010. The number of anilines is 1. The number of H-pyrrole nitrogens is 1. The molecule has 2 N–H and O–H groups in total. The second-order valence-electron chi connectivity index (χ2n) is 6.85. The SMILES string of the molecule is Cc1cc2n(n1)CCC(NC(=O)c1n[nH]c(Cc3ccccc3)n1)C(=O)N2C. The summed E-state index contributed by atoms with van der Waals surface area (Å²) in [5.74, 6) is 0.683. The zero-order chi connectivity index (χ0) is 19.7. The van der Waals surface area contributed by atoms with Gasteiger partial charge in [-0.1, -0.05) is 30.3 Å². The number of hydrogen-bond acceptors (Lipinski definition) is 5. The van der Waals surface area contributed by atoms with E-state index in [4.69, 9.17) is 0 Å². The number of aromatic amines is 1. The molecule has 4 rings (SSSR count). The predicted molar refractivity (Wildman–Crippen MR) is 102 cm³/mol. The van der Waals surface area contributed by atoms with E-state index in [9.17, 15) is 9.59 Å². The van der Waals surface area contributed by atoms with Crippen LogP contribution in [0.1, 0.15) is 34.1 Å². The van der Waals surface area contributed by atoms with Gasteiger partial charge in [0.25, 0.3) is 11.8 Å². The van der Waals surface area contributed by atoms with E-state index >= 15 is 0 Å². The quantitative estimate of drug-likeness (QED) is 0.705. The molecule has 2 aromatic heterocycles. The van der Waals surface area contributed by atoms with Crippen LogP contribution in [0.2, 0.25) is 0 Å². The molecule has 0 bridgehead atoms. The zero-order valence-corrected chi connectivity index (χ0v) is 15.7. The van der Waals surface area contributed by atoms with Crippen molar-refractivity contribution in [2.45, 2.75) is 32.4 Å². The van der Waals surface area contributed by atoms with Crippen LogP contribution in [0.5, 0.6) is 0 Å². The van der Waals surface area contributed by atoms with Crippen LogP contribution >= 0.6 is 0 Å². The molecule has 9 nitrogen and oxygen atoms in total. The maximum absolute atomic E-state index is 12.8. The second-order valence-corrected chi connectivity index (χ2v) is 6.85. The number of hydrogen-bond donors (Lipinski definition) is 2. The fourth-order valence-electron chi connectivity index (χ4n) is 3.31. The van der Waals surface area contributed by atoms with Crippen LogP contribution in [0.15, 0.2) is 36.4 Å². The molecular formula is C19H21N7O2. The summed E-state index contributed by atoms with van der Waals surface area (Å²) in [4.78, 5) is 31.1. The van der Waals surface area contributed by atoms with Gasteiger partial charge in [0.1, 0.15) is 17.7 Å². The molecule has 28 heavy (non-hydrogen) atoms.